The minimum absolute atomic E-state index is 0.0338. The smallest absolute Gasteiger partial charge is 0.203 e. The highest BCUT2D eigenvalue weighted by molar-refractivity contribution is 7.17. The lowest BCUT2D eigenvalue weighted by atomic mass is 10.0. The molecule has 1 nitrogen and oxygen atoms in total. The summed E-state index contributed by atoms with van der Waals surface area (Å²) in [5.41, 5.74) is 2.62. The van der Waals surface area contributed by atoms with Crippen molar-refractivity contribution in [3.8, 4) is 10.4 Å². The van der Waals surface area contributed by atoms with E-state index in [0.717, 1.165) is 21.6 Å². The van der Waals surface area contributed by atoms with Crippen LogP contribution < -0.4 is 0 Å². The summed E-state index contributed by atoms with van der Waals surface area (Å²) in [7, 11) is 0. The molecule has 0 saturated heterocycles. The molecular weight excluding hydrogens is 283 g/mol. The Morgan fingerprint density at radius 1 is 0.952 bits per heavy atom. The van der Waals surface area contributed by atoms with Gasteiger partial charge in [0.15, 0.2) is 0 Å². The molecule has 3 aromatic rings. The largest absolute Gasteiger partial charge is 0.288 e. The number of aryl methyl sites for hydroxylation is 1. The molecule has 0 saturated carbocycles. The second-order valence-corrected chi connectivity index (χ2v) is 5.90. The van der Waals surface area contributed by atoms with Gasteiger partial charge in [-0.2, -0.15) is 0 Å². The van der Waals surface area contributed by atoms with E-state index >= 15 is 0 Å². The van der Waals surface area contributed by atoms with Gasteiger partial charge in [-0.25, -0.2) is 4.39 Å². The van der Waals surface area contributed by atoms with Gasteiger partial charge in [0.1, 0.15) is 5.82 Å². The lowest BCUT2D eigenvalue weighted by Gasteiger charge is -2.02. The molecule has 0 N–H and O–H groups in total. The summed E-state index contributed by atoms with van der Waals surface area (Å²) in [5.74, 6) is -0.224. The van der Waals surface area contributed by atoms with Gasteiger partial charge < -0.3 is 0 Å². The van der Waals surface area contributed by atoms with Crippen LogP contribution in [0.3, 0.4) is 0 Å². The maximum Gasteiger partial charge on any atom is 0.203 e. The maximum absolute atomic E-state index is 13.0. The summed E-state index contributed by atoms with van der Waals surface area (Å²) in [6.07, 6.45) is 0. The van der Waals surface area contributed by atoms with Crippen LogP contribution in [0.15, 0.2) is 60.7 Å². The number of carbonyl (C=O) groups is 1. The van der Waals surface area contributed by atoms with Gasteiger partial charge >= 0.3 is 0 Å². The SMILES string of the molecule is Cc1ccccc1C(=O)c1ccc(-c2ccc(F)cc2)s1. The van der Waals surface area contributed by atoms with Crippen molar-refractivity contribution in [3.63, 3.8) is 0 Å². The molecular formula is C18H13FOS. The van der Waals surface area contributed by atoms with E-state index in [4.69, 9.17) is 0 Å². The predicted octanol–water partition coefficient (Wildman–Crippen LogP) is 5.09. The standard InChI is InChI=1S/C18H13FOS/c1-12-4-2-3-5-15(12)18(20)17-11-10-16(21-17)13-6-8-14(19)9-7-13/h2-11H,1H3. The van der Waals surface area contributed by atoms with Crippen LogP contribution in [-0.2, 0) is 0 Å². The number of thiophene rings is 1. The second kappa shape index (κ2) is 5.62. The molecule has 0 atom stereocenters. The third kappa shape index (κ3) is 2.78. The maximum atomic E-state index is 13.0. The Bertz CT molecular complexity index is 787. The first-order valence-corrected chi connectivity index (χ1v) is 7.43. The van der Waals surface area contributed by atoms with Crippen LogP contribution in [-0.4, -0.2) is 5.78 Å². The van der Waals surface area contributed by atoms with Gasteiger partial charge in [0, 0.05) is 10.4 Å². The highest BCUT2D eigenvalue weighted by Gasteiger charge is 2.14. The van der Waals surface area contributed by atoms with Gasteiger partial charge in [-0.3, -0.25) is 4.79 Å². The van der Waals surface area contributed by atoms with Crippen LogP contribution in [0.1, 0.15) is 20.8 Å². The van der Waals surface area contributed by atoms with Crippen molar-refractivity contribution >= 4 is 17.1 Å². The number of hydrogen-bond donors (Lipinski definition) is 0. The third-order valence-electron chi connectivity index (χ3n) is 3.35. The summed E-state index contributed by atoms with van der Waals surface area (Å²) in [5, 5.41) is 0. The van der Waals surface area contributed by atoms with Crippen LogP contribution in [0, 0.1) is 12.7 Å². The molecule has 1 heterocycles. The van der Waals surface area contributed by atoms with E-state index in [1.165, 1.54) is 23.5 Å². The Hall–Kier alpha value is -2.26. The van der Waals surface area contributed by atoms with Crippen LogP contribution in [0.5, 0.6) is 0 Å². The quantitative estimate of drug-likeness (QED) is 0.615. The van der Waals surface area contributed by atoms with E-state index in [1.54, 1.807) is 12.1 Å². The van der Waals surface area contributed by atoms with Crippen molar-refractivity contribution < 1.29 is 9.18 Å². The van der Waals surface area contributed by atoms with E-state index in [1.807, 2.05) is 43.3 Å². The molecule has 3 rings (SSSR count). The molecule has 3 heteroatoms. The van der Waals surface area contributed by atoms with Crippen molar-refractivity contribution in [2.75, 3.05) is 0 Å². The highest BCUT2D eigenvalue weighted by atomic mass is 32.1. The molecule has 1 aromatic heterocycles. The molecule has 0 aliphatic carbocycles. The zero-order chi connectivity index (χ0) is 14.8. The normalized spacial score (nSPS) is 10.6. The molecule has 0 unspecified atom stereocenters. The Labute approximate surface area is 126 Å². The van der Waals surface area contributed by atoms with Crippen LogP contribution in [0.2, 0.25) is 0 Å². The molecule has 0 bridgehead atoms. The number of ketones is 1. The number of rotatable bonds is 3. The summed E-state index contributed by atoms with van der Waals surface area (Å²) in [6, 6.07) is 17.6. The molecule has 0 spiro atoms. The van der Waals surface area contributed by atoms with Gasteiger partial charge in [0.25, 0.3) is 0 Å². The number of benzene rings is 2. The first-order valence-electron chi connectivity index (χ1n) is 6.61. The van der Waals surface area contributed by atoms with Gasteiger partial charge in [-0.15, -0.1) is 11.3 Å². The third-order valence-corrected chi connectivity index (χ3v) is 4.48. The van der Waals surface area contributed by atoms with Crippen LogP contribution in [0.4, 0.5) is 4.39 Å². The predicted molar refractivity (Wildman–Crippen MR) is 84.3 cm³/mol. The van der Waals surface area contributed by atoms with Gasteiger partial charge in [-0.1, -0.05) is 36.4 Å². The zero-order valence-corrected chi connectivity index (χ0v) is 12.3. The molecule has 0 aliphatic rings. The number of halogens is 1. The second-order valence-electron chi connectivity index (χ2n) is 4.81. The van der Waals surface area contributed by atoms with Gasteiger partial charge in [0.05, 0.1) is 4.88 Å². The summed E-state index contributed by atoms with van der Waals surface area (Å²) < 4.78 is 13.0. The lowest BCUT2D eigenvalue weighted by Crippen LogP contribution is -2.00. The first-order chi connectivity index (χ1) is 10.1. The topological polar surface area (TPSA) is 17.1 Å². The fourth-order valence-electron chi connectivity index (χ4n) is 2.19. The molecule has 0 amide bonds. The molecule has 0 fully saturated rings. The number of hydrogen-bond acceptors (Lipinski definition) is 2. The van der Waals surface area contributed by atoms with Crippen molar-refractivity contribution in [1.29, 1.82) is 0 Å². The lowest BCUT2D eigenvalue weighted by molar-refractivity contribution is 0.104. The first kappa shape index (κ1) is 13.7. The van der Waals surface area contributed by atoms with Gasteiger partial charge in [0.2, 0.25) is 5.78 Å². The van der Waals surface area contributed by atoms with Crippen LogP contribution >= 0.6 is 11.3 Å². The fourth-order valence-corrected chi connectivity index (χ4v) is 3.16. The van der Waals surface area contributed by atoms with E-state index in [0.29, 0.717) is 4.88 Å². The van der Waals surface area contributed by atoms with E-state index in [9.17, 15) is 9.18 Å². The summed E-state index contributed by atoms with van der Waals surface area (Å²) >= 11 is 1.43. The number of carbonyl (C=O) groups excluding carboxylic acids is 1. The Morgan fingerprint density at radius 2 is 1.67 bits per heavy atom. The Balaban J connectivity index is 1.93. The molecule has 0 aliphatic heterocycles. The molecule has 2 aromatic carbocycles. The van der Waals surface area contributed by atoms with E-state index in [2.05, 4.69) is 0 Å². The van der Waals surface area contributed by atoms with Crippen molar-refractivity contribution in [3.05, 3.63) is 82.5 Å². The zero-order valence-electron chi connectivity index (χ0n) is 11.5. The average Bonchev–Trinajstić information content (AvgIpc) is 2.98. The van der Waals surface area contributed by atoms with Gasteiger partial charge in [-0.05, 0) is 42.3 Å². The monoisotopic (exact) mass is 296 g/mol. The average molecular weight is 296 g/mol. The van der Waals surface area contributed by atoms with Crippen molar-refractivity contribution in [2.45, 2.75) is 6.92 Å². The minimum atomic E-state index is -0.258. The minimum Gasteiger partial charge on any atom is -0.288 e. The van der Waals surface area contributed by atoms with Crippen LogP contribution in [0.25, 0.3) is 10.4 Å². The van der Waals surface area contributed by atoms with E-state index < -0.39 is 0 Å². The summed E-state index contributed by atoms with van der Waals surface area (Å²) in [4.78, 5) is 14.2. The Kier molecular flexibility index (Phi) is 3.67. The fraction of sp³-hybridized carbons (Fsp3) is 0.0556. The molecule has 0 radical (unpaired) electrons. The summed E-state index contributed by atoms with van der Waals surface area (Å²) in [6.45, 7) is 1.93. The highest BCUT2D eigenvalue weighted by Crippen LogP contribution is 2.30. The van der Waals surface area contributed by atoms with Crippen molar-refractivity contribution in [1.82, 2.24) is 0 Å². The molecule has 104 valence electrons. The van der Waals surface area contributed by atoms with E-state index in [-0.39, 0.29) is 11.6 Å². The van der Waals surface area contributed by atoms with Crippen molar-refractivity contribution in [2.24, 2.45) is 0 Å². The Morgan fingerprint density at radius 3 is 2.38 bits per heavy atom. The molecule has 21 heavy (non-hydrogen) atoms.